The molecule has 0 aromatic carbocycles. The minimum absolute atomic E-state index is 0.717. The van der Waals surface area contributed by atoms with E-state index in [4.69, 9.17) is 0 Å². The van der Waals surface area contributed by atoms with Crippen LogP contribution in [-0.2, 0) is 0 Å². The highest BCUT2D eigenvalue weighted by atomic mass is 15.2. The normalized spacial score (nSPS) is 21.0. The molecule has 0 amide bonds. The summed E-state index contributed by atoms with van der Waals surface area (Å²) >= 11 is 0. The van der Waals surface area contributed by atoms with Crippen molar-refractivity contribution in [2.24, 2.45) is 5.92 Å². The lowest BCUT2D eigenvalue weighted by Crippen LogP contribution is -2.43. The van der Waals surface area contributed by atoms with E-state index in [-0.39, 0.29) is 0 Å². The van der Waals surface area contributed by atoms with Gasteiger partial charge < -0.3 is 0 Å². The standard InChI is InChI=1S/C11H23N/c1-8(2)10(5)12(9(3)4)11-6-7-11/h8-11H,6-7H2,1-5H3/t10-/m0/s1. The molecule has 0 bridgehead atoms. The average molecular weight is 169 g/mol. The Kier molecular flexibility index (Phi) is 3.16. The maximum Gasteiger partial charge on any atom is 0.0102 e. The van der Waals surface area contributed by atoms with Crippen molar-refractivity contribution in [2.75, 3.05) is 0 Å². The Labute approximate surface area is 77.1 Å². The third-order valence-electron chi connectivity index (χ3n) is 3.00. The monoisotopic (exact) mass is 169 g/mol. The van der Waals surface area contributed by atoms with Crippen LogP contribution in [0.25, 0.3) is 0 Å². The molecule has 0 radical (unpaired) electrons. The van der Waals surface area contributed by atoms with Gasteiger partial charge in [0.15, 0.2) is 0 Å². The van der Waals surface area contributed by atoms with E-state index in [0.29, 0.717) is 0 Å². The molecule has 72 valence electrons. The molecule has 1 aliphatic rings. The summed E-state index contributed by atoms with van der Waals surface area (Å²) in [5.74, 6) is 0.785. The highest BCUT2D eigenvalue weighted by Crippen LogP contribution is 2.32. The summed E-state index contributed by atoms with van der Waals surface area (Å²) in [6.07, 6.45) is 2.85. The molecule has 1 heteroatoms. The zero-order chi connectivity index (χ0) is 9.30. The molecule has 0 aromatic rings. The minimum atomic E-state index is 0.717. The molecule has 0 heterocycles. The Morgan fingerprint density at radius 3 is 1.75 bits per heavy atom. The van der Waals surface area contributed by atoms with Crippen molar-refractivity contribution >= 4 is 0 Å². The molecule has 1 aliphatic carbocycles. The van der Waals surface area contributed by atoms with Gasteiger partial charge in [0.1, 0.15) is 0 Å². The second-order valence-corrected chi connectivity index (χ2v) is 4.76. The molecule has 0 aliphatic heterocycles. The Bertz CT molecular complexity index is 134. The molecule has 0 spiro atoms. The van der Waals surface area contributed by atoms with E-state index in [1.165, 1.54) is 12.8 Å². The second-order valence-electron chi connectivity index (χ2n) is 4.76. The van der Waals surface area contributed by atoms with Crippen molar-refractivity contribution < 1.29 is 0 Å². The van der Waals surface area contributed by atoms with Gasteiger partial charge in [0, 0.05) is 18.1 Å². The zero-order valence-electron chi connectivity index (χ0n) is 9.17. The predicted molar refractivity (Wildman–Crippen MR) is 54.3 cm³/mol. The van der Waals surface area contributed by atoms with Crippen LogP contribution in [0.2, 0.25) is 0 Å². The molecular weight excluding hydrogens is 146 g/mol. The topological polar surface area (TPSA) is 3.24 Å². The van der Waals surface area contributed by atoms with Crippen LogP contribution in [0, 0.1) is 5.92 Å². The molecule has 1 saturated carbocycles. The number of hydrogen-bond acceptors (Lipinski definition) is 1. The van der Waals surface area contributed by atoms with Gasteiger partial charge in [-0.3, -0.25) is 4.90 Å². The fourth-order valence-electron chi connectivity index (χ4n) is 1.94. The lowest BCUT2D eigenvalue weighted by Gasteiger charge is -2.35. The van der Waals surface area contributed by atoms with E-state index in [0.717, 1.165) is 24.0 Å². The Morgan fingerprint density at radius 1 is 1.00 bits per heavy atom. The van der Waals surface area contributed by atoms with Crippen molar-refractivity contribution in [3.63, 3.8) is 0 Å². The van der Waals surface area contributed by atoms with Gasteiger partial charge in [-0.2, -0.15) is 0 Å². The quantitative estimate of drug-likeness (QED) is 0.625. The Balaban J connectivity index is 2.52. The predicted octanol–water partition coefficient (Wildman–Crippen LogP) is 2.90. The fraction of sp³-hybridized carbons (Fsp3) is 1.00. The van der Waals surface area contributed by atoms with Gasteiger partial charge in [0.2, 0.25) is 0 Å². The first-order valence-electron chi connectivity index (χ1n) is 5.31. The Morgan fingerprint density at radius 2 is 1.50 bits per heavy atom. The van der Waals surface area contributed by atoms with Crippen molar-refractivity contribution in [3.05, 3.63) is 0 Å². The number of hydrogen-bond donors (Lipinski definition) is 0. The van der Waals surface area contributed by atoms with Crippen LogP contribution in [0.3, 0.4) is 0 Å². The van der Waals surface area contributed by atoms with Gasteiger partial charge in [-0.25, -0.2) is 0 Å². The molecule has 12 heavy (non-hydrogen) atoms. The first kappa shape index (κ1) is 10.0. The van der Waals surface area contributed by atoms with Crippen LogP contribution in [0.5, 0.6) is 0 Å². The largest absolute Gasteiger partial charge is 0.295 e. The van der Waals surface area contributed by atoms with Crippen molar-refractivity contribution in [2.45, 2.75) is 65.6 Å². The van der Waals surface area contributed by atoms with E-state index in [1.807, 2.05) is 0 Å². The van der Waals surface area contributed by atoms with Crippen LogP contribution in [0.1, 0.15) is 47.5 Å². The second kappa shape index (κ2) is 3.78. The first-order chi connectivity index (χ1) is 5.54. The van der Waals surface area contributed by atoms with Gasteiger partial charge in [0.25, 0.3) is 0 Å². The van der Waals surface area contributed by atoms with Gasteiger partial charge in [-0.1, -0.05) is 13.8 Å². The lowest BCUT2D eigenvalue weighted by molar-refractivity contribution is 0.121. The van der Waals surface area contributed by atoms with Crippen LogP contribution in [0.15, 0.2) is 0 Å². The molecule has 1 rings (SSSR count). The van der Waals surface area contributed by atoms with Crippen molar-refractivity contribution in [3.8, 4) is 0 Å². The summed E-state index contributed by atoms with van der Waals surface area (Å²) in [4.78, 5) is 2.69. The molecule has 0 saturated heterocycles. The van der Waals surface area contributed by atoms with Crippen LogP contribution >= 0.6 is 0 Å². The van der Waals surface area contributed by atoms with Crippen LogP contribution in [0.4, 0.5) is 0 Å². The van der Waals surface area contributed by atoms with Gasteiger partial charge >= 0.3 is 0 Å². The zero-order valence-corrected chi connectivity index (χ0v) is 9.17. The summed E-state index contributed by atoms with van der Waals surface area (Å²) < 4.78 is 0. The summed E-state index contributed by atoms with van der Waals surface area (Å²) in [6.45, 7) is 11.6. The molecule has 0 N–H and O–H groups in total. The van der Waals surface area contributed by atoms with Gasteiger partial charge in [-0.05, 0) is 39.5 Å². The maximum atomic E-state index is 2.69. The van der Waals surface area contributed by atoms with Crippen molar-refractivity contribution in [1.29, 1.82) is 0 Å². The fourth-order valence-corrected chi connectivity index (χ4v) is 1.94. The third kappa shape index (κ3) is 2.22. The maximum absolute atomic E-state index is 2.69. The number of rotatable bonds is 4. The molecule has 0 aromatic heterocycles. The molecule has 1 atom stereocenters. The average Bonchev–Trinajstić information content (AvgIpc) is 2.70. The van der Waals surface area contributed by atoms with Crippen LogP contribution < -0.4 is 0 Å². The third-order valence-corrected chi connectivity index (χ3v) is 3.00. The summed E-state index contributed by atoms with van der Waals surface area (Å²) in [6, 6.07) is 2.37. The number of nitrogens with zero attached hydrogens (tertiary/aromatic N) is 1. The first-order valence-corrected chi connectivity index (χ1v) is 5.31. The summed E-state index contributed by atoms with van der Waals surface area (Å²) in [5.41, 5.74) is 0. The van der Waals surface area contributed by atoms with Crippen molar-refractivity contribution in [1.82, 2.24) is 4.90 Å². The smallest absolute Gasteiger partial charge is 0.0102 e. The minimum Gasteiger partial charge on any atom is -0.295 e. The molecular formula is C11H23N. The SMILES string of the molecule is CC(C)[C@H](C)N(C(C)C)C1CC1. The lowest BCUT2D eigenvalue weighted by atomic mass is 10.0. The van der Waals surface area contributed by atoms with E-state index in [2.05, 4.69) is 39.5 Å². The molecule has 1 fully saturated rings. The van der Waals surface area contributed by atoms with Gasteiger partial charge in [0.05, 0.1) is 0 Å². The molecule has 0 unspecified atom stereocenters. The molecule has 1 nitrogen and oxygen atoms in total. The summed E-state index contributed by atoms with van der Waals surface area (Å²) in [5, 5.41) is 0. The highest BCUT2D eigenvalue weighted by Gasteiger charge is 2.34. The van der Waals surface area contributed by atoms with E-state index in [9.17, 15) is 0 Å². The Hall–Kier alpha value is -0.0400. The van der Waals surface area contributed by atoms with E-state index >= 15 is 0 Å². The highest BCUT2D eigenvalue weighted by molar-refractivity contribution is 4.89. The van der Waals surface area contributed by atoms with Crippen LogP contribution in [-0.4, -0.2) is 23.0 Å². The van der Waals surface area contributed by atoms with E-state index < -0.39 is 0 Å². The van der Waals surface area contributed by atoms with Gasteiger partial charge in [-0.15, -0.1) is 0 Å². The summed E-state index contributed by atoms with van der Waals surface area (Å²) in [7, 11) is 0. The van der Waals surface area contributed by atoms with E-state index in [1.54, 1.807) is 0 Å².